The van der Waals surface area contributed by atoms with Gasteiger partial charge >= 0.3 is 5.97 Å². The zero-order chi connectivity index (χ0) is 35.6. The van der Waals surface area contributed by atoms with Crippen molar-refractivity contribution in [3.8, 4) is 11.5 Å². The number of carbonyl (C=O) groups excluding carboxylic acids is 3. The summed E-state index contributed by atoms with van der Waals surface area (Å²) in [6, 6.07) is 8.89. The molecule has 49 heavy (non-hydrogen) atoms. The second-order valence-corrected chi connectivity index (χ2v) is 18.4. The average Bonchev–Trinajstić information content (AvgIpc) is 3.76. The number of amides is 2. The first kappa shape index (κ1) is 39.8. The zero-order valence-electron chi connectivity index (χ0n) is 27.3. The topological polar surface area (TPSA) is 137 Å². The molecule has 3 aliphatic rings. The average molecular weight is 796 g/mol. The number of nitrogens with zero attached hydrogens (tertiary/aromatic N) is 1. The van der Waals surface area contributed by atoms with Crippen LogP contribution in [-0.4, -0.2) is 77.7 Å². The standard InChI is InChI=1S/C18H28O3S.C15H13Cl3N2O5S2/c1-3-4-5-6-7-8-11-22(19)15(2)12-16-9-10-17-18(13-16)21-14-20-17;16-15(17,18)6-25-14(24)11-8(21)5-27-13-10(12(23)20(11)13)19-9(22)4-7-2-1-3-26-7/h9-10,13,15H,3-8,11-12,14H2,1-2H3;1-3,10,13,21H,4-6H2,(H,19,22)/t;10?,13-/m.1/s1. The van der Waals surface area contributed by atoms with E-state index in [1.54, 1.807) is 0 Å². The van der Waals surface area contributed by atoms with Crippen LogP contribution in [0.1, 0.15) is 62.8 Å². The van der Waals surface area contributed by atoms with E-state index >= 15 is 0 Å². The lowest BCUT2D eigenvalue weighted by Gasteiger charge is -2.48. The molecule has 2 amide bonds. The molecule has 1 aromatic heterocycles. The molecule has 1 saturated heterocycles. The molecule has 10 nitrogen and oxygen atoms in total. The molecule has 0 radical (unpaired) electrons. The lowest BCUT2D eigenvalue weighted by Crippen LogP contribution is -2.70. The summed E-state index contributed by atoms with van der Waals surface area (Å²) in [4.78, 5) is 38.8. The highest BCUT2D eigenvalue weighted by Crippen LogP contribution is 2.40. The van der Waals surface area contributed by atoms with E-state index in [9.17, 15) is 24.0 Å². The van der Waals surface area contributed by atoms with Crippen molar-refractivity contribution in [1.29, 1.82) is 0 Å². The van der Waals surface area contributed by atoms with E-state index in [0.29, 0.717) is 6.79 Å². The number of unbranched alkanes of at least 4 members (excludes halogenated alkanes) is 5. The maximum absolute atomic E-state index is 12.5. The van der Waals surface area contributed by atoms with Crippen molar-refractivity contribution in [3.05, 3.63) is 57.6 Å². The molecule has 4 heterocycles. The van der Waals surface area contributed by atoms with Gasteiger partial charge in [0, 0.05) is 11.3 Å². The molecule has 2 aromatic rings. The SMILES string of the molecule is CCCCCCCC[S+]([O-])C(C)Cc1ccc2c(c1)OCO2.O=C(Cc1cccs1)NC1C(=O)N2C(C(=O)OCC(Cl)(Cl)Cl)=C(O)CS[C@H]12. The maximum atomic E-state index is 12.5. The second-order valence-electron chi connectivity index (χ2n) is 11.8. The molecule has 2 N–H and O–H groups in total. The van der Waals surface area contributed by atoms with Gasteiger partial charge in [-0.3, -0.25) is 14.5 Å². The summed E-state index contributed by atoms with van der Waals surface area (Å²) in [6.07, 6.45) is 8.49. The highest BCUT2D eigenvalue weighted by Gasteiger charge is 2.55. The molecule has 16 heteroatoms. The minimum absolute atomic E-state index is 0.0872. The smallest absolute Gasteiger partial charge is 0.358 e. The van der Waals surface area contributed by atoms with Gasteiger partial charge in [0.2, 0.25) is 16.5 Å². The molecule has 0 bridgehead atoms. The van der Waals surface area contributed by atoms with E-state index in [2.05, 4.69) is 19.2 Å². The fourth-order valence-corrected chi connectivity index (χ4v) is 8.66. The first-order valence-electron chi connectivity index (χ1n) is 16.1. The van der Waals surface area contributed by atoms with Crippen molar-refractivity contribution in [2.24, 2.45) is 0 Å². The van der Waals surface area contributed by atoms with Crippen molar-refractivity contribution >= 4 is 86.9 Å². The van der Waals surface area contributed by atoms with Crippen LogP contribution in [0.3, 0.4) is 0 Å². The Morgan fingerprint density at radius 2 is 1.90 bits per heavy atom. The summed E-state index contributed by atoms with van der Waals surface area (Å²) >= 11 is 18.6. The van der Waals surface area contributed by atoms with E-state index < -0.39 is 44.9 Å². The molecule has 3 aliphatic heterocycles. The maximum Gasteiger partial charge on any atom is 0.358 e. The van der Waals surface area contributed by atoms with Gasteiger partial charge in [0.25, 0.3) is 5.91 Å². The van der Waals surface area contributed by atoms with Crippen LogP contribution in [0, 0.1) is 0 Å². The first-order chi connectivity index (χ1) is 23.4. The van der Waals surface area contributed by atoms with Crippen molar-refractivity contribution in [1.82, 2.24) is 10.2 Å². The van der Waals surface area contributed by atoms with Crippen LogP contribution in [0.25, 0.3) is 0 Å². The number of esters is 1. The van der Waals surface area contributed by atoms with E-state index in [-0.39, 0.29) is 34.8 Å². The van der Waals surface area contributed by atoms with Crippen LogP contribution >= 0.6 is 57.9 Å². The molecule has 5 rings (SSSR count). The van der Waals surface area contributed by atoms with E-state index in [1.165, 1.54) is 60.8 Å². The zero-order valence-corrected chi connectivity index (χ0v) is 32.0. The number of ether oxygens (including phenoxy) is 3. The Balaban J connectivity index is 0.000000226. The van der Waals surface area contributed by atoms with Crippen LogP contribution in [0.5, 0.6) is 11.5 Å². The highest BCUT2D eigenvalue weighted by molar-refractivity contribution is 8.00. The quantitative estimate of drug-likeness (QED) is 0.0654. The number of alkyl halides is 3. The summed E-state index contributed by atoms with van der Waals surface area (Å²) < 4.78 is 26.1. The number of aliphatic hydroxyl groups is 1. The van der Waals surface area contributed by atoms with Gasteiger partial charge < -0.3 is 29.2 Å². The van der Waals surface area contributed by atoms with Gasteiger partial charge in [0.15, 0.2) is 17.2 Å². The minimum Gasteiger partial charge on any atom is -0.616 e. The lowest BCUT2D eigenvalue weighted by atomic mass is 10.0. The number of hydrogen-bond donors (Lipinski definition) is 2. The van der Waals surface area contributed by atoms with Gasteiger partial charge in [0.1, 0.15) is 34.8 Å². The summed E-state index contributed by atoms with van der Waals surface area (Å²) in [5.41, 5.74) is 0.884. The summed E-state index contributed by atoms with van der Waals surface area (Å²) in [6.45, 7) is 4.08. The van der Waals surface area contributed by atoms with Gasteiger partial charge in [-0.2, -0.15) is 0 Å². The van der Waals surface area contributed by atoms with Gasteiger partial charge in [0.05, 0.1) is 12.2 Å². The number of nitrogens with one attached hydrogen (secondary N) is 1. The monoisotopic (exact) mass is 794 g/mol. The number of carbonyl (C=O) groups is 3. The second kappa shape index (κ2) is 19.0. The van der Waals surface area contributed by atoms with Crippen LogP contribution in [0.15, 0.2) is 47.2 Å². The van der Waals surface area contributed by atoms with Crippen molar-refractivity contribution in [2.45, 2.75) is 85.7 Å². The number of thiophene rings is 1. The predicted molar refractivity (Wildman–Crippen MR) is 196 cm³/mol. The van der Waals surface area contributed by atoms with Crippen molar-refractivity contribution < 1.29 is 38.3 Å². The van der Waals surface area contributed by atoms with Gasteiger partial charge in [-0.25, -0.2) is 4.79 Å². The van der Waals surface area contributed by atoms with Crippen LogP contribution < -0.4 is 14.8 Å². The van der Waals surface area contributed by atoms with E-state index in [4.69, 9.17) is 49.0 Å². The number of fused-ring (bicyclic) bond motifs is 2. The number of hydrogen-bond acceptors (Lipinski definition) is 10. The van der Waals surface area contributed by atoms with E-state index in [1.807, 2.05) is 35.7 Å². The van der Waals surface area contributed by atoms with Crippen LogP contribution in [0.4, 0.5) is 0 Å². The number of halogens is 3. The van der Waals surface area contributed by atoms with Gasteiger partial charge in [-0.15, -0.1) is 23.1 Å². The molecule has 0 spiro atoms. The summed E-state index contributed by atoms with van der Waals surface area (Å²) in [5.74, 6) is 0.454. The molecule has 270 valence electrons. The number of aliphatic hydroxyl groups excluding tert-OH is 1. The lowest BCUT2D eigenvalue weighted by molar-refractivity contribution is -0.153. The fraction of sp³-hybridized carbons (Fsp3) is 0.545. The third-order valence-corrected chi connectivity index (χ3v) is 12.1. The van der Waals surface area contributed by atoms with Crippen molar-refractivity contribution in [3.63, 3.8) is 0 Å². The number of benzene rings is 1. The Bertz CT molecular complexity index is 1460. The molecule has 1 fully saturated rings. The number of β-lactam (4-membered cyclic amide) rings is 1. The molecule has 0 aliphatic carbocycles. The highest BCUT2D eigenvalue weighted by atomic mass is 35.6. The van der Waals surface area contributed by atoms with Crippen LogP contribution in [0.2, 0.25) is 0 Å². The number of rotatable bonds is 15. The van der Waals surface area contributed by atoms with Gasteiger partial charge in [-0.05, 0) is 48.9 Å². The molecular formula is C33H41Cl3N2O8S3. The molecule has 0 saturated carbocycles. The third kappa shape index (κ3) is 11.8. The normalized spacial score (nSPS) is 19.3. The van der Waals surface area contributed by atoms with Gasteiger partial charge in [-0.1, -0.05) is 90.7 Å². The Hall–Kier alpha value is -2.00. The summed E-state index contributed by atoms with van der Waals surface area (Å²) in [5, 5.41) is 14.2. The Labute approximate surface area is 313 Å². The van der Waals surface area contributed by atoms with Crippen LogP contribution in [-0.2, 0) is 43.1 Å². The van der Waals surface area contributed by atoms with Crippen molar-refractivity contribution in [2.75, 3.05) is 24.9 Å². The minimum atomic E-state index is -1.81. The molecule has 1 aromatic carbocycles. The largest absolute Gasteiger partial charge is 0.616 e. The Morgan fingerprint density at radius 1 is 1.16 bits per heavy atom. The molecule has 4 atom stereocenters. The summed E-state index contributed by atoms with van der Waals surface area (Å²) in [7, 11) is 0. The molecular weight excluding hydrogens is 755 g/mol. The number of thioether (sulfide) groups is 1. The third-order valence-electron chi connectivity index (χ3n) is 7.85. The molecule has 3 unspecified atom stereocenters. The Kier molecular flexibility index (Phi) is 15.4. The fourth-order valence-electron chi connectivity index (χ4n) is 5.32. The Morgan fingerprint density at radius 3 is 2.61 bits per heavy atom. The first-order valence-corrected chi connectivity index (χ1v) is 20.5. The predicted octanol–water partition coefficient (Wildman–Crippen LogP) is 6.83. The van der Waals surface area contributed by atoms with E-state index in [0.717, 1.165) is 39.9 Å².